The number of aromatic amines is 1. The van der Waals surface area contributed by atoms with Crippen LogP contribution in [0.5, 0.6) is 0 Å². The molecule has 4 rings (SSSR count). The quantitative estimate of drug-likeness (QED) is 0.391. The number of rotatable bonds is 6. The first-order valence-corrected chi connectivity index (χ1v) is 10.3. The number of hydrogen-bond donors (Lipinski definition) is 1. The summed E-state index contributed by atoms with van der Waals surface area (Å²) in [6, 6.07) is 23.1. The van der Waals surface area contributed by atoms with E-state index in [-0.39, 0.29) is 11.4 Å². The van der Waals surface area contributed by atoms with Gasteiger partial charge in [-0.2, -0.15) is 0 Å². The predicted octanol–water partition coefficient (Wildman–Crippen LogP) is 5.68. The van der Waals surface area contributed by atoms with E-state index in [1.807, 2.05) is 61.5 Å². The van der Waals surface area contributed by atoms with Gasteiger partial charge in [-0.15, -0.1) is 0 Å². The van der Waals surface area contributed by atoms with Crippen LogP contribution >= 0.6 is 11.6 Å². The van der Waals surface area contributed by atoms with E-state index in [4.69, 9.17) is 11.6 Å². The van der Waals surface area contributed by atoms with Crippen LogP contribution in [0.2, 0.25) is 5.02 Å². The van der Waals surface area contributed by atoms with Crippen molar-refractivity contribution in [1.82, 2.24) is 9.78 Å². The van der Waals surface area contributed by atoms with Crippen molar-refractivity contribution in [2.45, 2.75) is 13.3 Å². The lowest BCUT2D eigenvalue weighted by molar-refractivity contribution is 0.627. The summed E-state index contributed by atoms with van der Waals surface area (Å²) in [5.41, 5.74) is 4.18. The van der Waals surface area contributed by atoms with Gasteiger partial charge in [-0.3, -0.25) is 14.9 Å². The van der Waals surface area contributed by atoms with Crippen molar-refractivity contribution in [3.05, 3.63) is 111 Å². The Morgan fingerprint density at radius 1 is 1.00 bits per heavy atom. The van der Waals surface area contributed by atoms with E-state index in [9.17, 15) is 9.18 Å². The minimum Gasteiger partial charge on any atom is -0.290 e. The summed E-state index contributed by atoms with van der Waals surface area (Å²) < 4.78 is 14.8. The Kier molecular flexibility index (Phi) is 6.14. The molecule has 0 saturated carbocycles. The lowest BCUT2D eigenvalue weighted by atomic mass is 10.1. The molecule has 0 spiro atoms. The minimum absolute atomic E-state index is 0.224. The molecule has 3 aromatic carbocycles. The van der Waals surface area contributed by atoms with Crippen molar-refractivity contribution in [2.24, 2.45) is 4.99 Å². The molecule has 0 atom stereocenters. The zero-order chi connectivity index (χ0) is 21.8. The highest BCUT2D eigenvalue weighted by molar-refractivity contribution is 6.30. The first-order valence-electron chi connectivity index (χ1n) is 9.95. The standard InChI is InChI=1S/C25H21ClFN3O/c1-17(28-16-15-18-7-9-20(26)10-8-18)23-24(19-5-3-2-4-6-19)29-30(25(23)31)22-13-11-21(27)12-14-22/h2-14,29H,15-16H2,1H3. The lowest BCUT2D eigenvalue weighted by Gasteiger charge is -2.03. The Bertz CT molecular complexity index is 1260. The van der Waals surface area contributed by atoms with Gasteiger partial charge in [0, 0.05) is 22.8 Å². The number of H-pyrrole nitrogens is 1. The van der Waals surface area contributed by atoms with Gasteiger partial charge >= 0.3 is 0 Å². The van der Waals surface area contributed by atoms with Gasteiger partial charge in [-0.1, -0.05) is 54.1 Å². The Hall–Kier alpha value is -3.44. The fraction of sp³-hybridized carbons (Fsp3) is 0.120. The van der Waals surface area contributed by atoms with Crippen LogP contribution in [-0.4, -0.2) is 22.0 Å². The number of benzene rings is 3. The average molecular weight is 434 g/mol. The first kappa shape index (κ1) is 20.8. The second-order valence-electron chi connectivity index (χ2n) is 7.19. The van der Waals surface area contributed by atoms with Gasteiger partial charge in [0.2, 0.25) is 0 Å². The Balaban J connectivity index is 1.71. The van der Waals surface area contributed by atoms with Crippen LogP contribution in [0.15, 0.2) is 88.6 Å². The van der Waals surface area contributed by atoms with Crippen LogP contribution in [0.25, 0.3) is 16.9 Å². The zero-order valence-electron chi connectivity index (χ0n) is 17.0. The van der Waals surface area contributed by atoms with Crippen LogP contribution in [0, 0.1) is 5.82 Å². The molecule has 0 amide bonds. The van der Waals surface area contributed by atoms with Gasteiger partial charge in [-0.05, 0) is 55.3 Å². The largest absolute Gasteiger partial charge is 0.290 e. The van der Waals surface area contributed by atoms with Gasteiger partial charge in [-0.25, -0.2) is 9.07 Å². The number of nitrogens with zero attached hydrogens (tertiary/aromatic N) is 2. The Morgan fingerprint density at radius 2 is 1.68 bits per heavy atom. The van der Waals surface area contributed by atoms with E-state index < -0.39 is 0 Å². The highest BCUT2D eigenvalue weighted by Crippen LogP contribution is 2.21. The number of nitrogens with one attached hydrogen (secondary N) is 1. The minimum atomic E-state index is -0.355. The third-order valence-electron chi connectivity index (χ3n) is 5.06. The fourth-order valence-corrected chi connectivity index (χ4v) is 3.57. The van der Waals surface area contributed by atoms with Gasteiger partial charge in [0.15, 0.2) is 0 Å². The van der Waals surface area contributed by atoms with E-state index in [0.717, 1.165) is 17.5 Å². The molecule has 0 bridgehead atoms. The third kappa shape index (κ3) is 4.67. The van der Waals surface area contributed by atoms with Gasteiger partial charge < -0.3 is 0 Å². The van der Waals surface area contributed by atoms with Crippen LogP contribution < -0.4 is 5.56 Å². The van der Waals surface area contributed by atoms with Gasteiger partial charge in [0.05, 0.1) is 16.9 Å². The maximum absolute atomic E-state index is 13.4. The van der Waals surface area contributed by atoms with E-state index in [1.54, 1.807) is 12.1 Å². The highest BCUT2D eigenvalue weighted by Gasteiger charge is 2.19. The summed E-state index contributed by atoms with van der Waals surface area (Å²) in [6.07, 6.45) is 0.742. The second-order valence-corrected chi connectivity index (χ2v) is 7.62. The summed E-state index contributed by atoms with van der Waals surface area (Å²) in [5.74, 6) is -0.355. The number of halogens is 2. The molecule has 1 N–H and O–H groups in total. The van der Waals surface area contributed by atoms with Crippen LogP contribution in [-0.2, 0) is 6.42 Å². The van der Waals surface area contributed by atoms with Crippen LogP contribution in [0.3, 0.4) is 0 Å². The molecule has 4 nitrogen and oxygen atoms in total. The highest BCUT2D eigenvalue weighted by atomic mass is 35.5. The zero-order valence-corrected chi connectivity index (χ0v) is 17.7. The molecular weight excluding hydrogens is 413 g/mol. The third-order valence-corrected chi connectivity index (χ3v) is 5.31. The summed E-state index contributed by atoms with van der Waals surface area (Å²) in [4.78, 5) is 18.0. The van der Waals surface area contributed by atoms with E-state index >= 15 is 0 Å². The van der Waals surface area contributed by atoms with Crippen LogP contribution in [0.4, 0.5) is 4.39 Å². The van der Waals surface area contributed by atoms with Gasteiger partial charge in [0.1, 0.15) is 5.82 Å². The molecule has 0 aliphatic heterocycles. The van der Waals surface area contributed by atoms with Crippen molar-refractivity contribution >= 4 is 17.3 Å². The molecule has 0 radical (unpaired) electrons. The molecule has 0 fully saturated rings. The molecule has 6 heteroatoms. The van der Waals surface area contributed by atoms with Gasteiger partial charge in [0.25, 0.3) is 5.56 Å². The Morgan fingerprint density at radius 3 is 2.35 bits per heavy atom. The molecule has 31 heavy (non-hydrogen) atoms. The van der Waals surface area contributed by atoms with Crippen molar-refractivity contribution in [3.63, 3.8) is 0 Å². The average Bonchev–Trinajstić information content (AvgIpc) is 3.13. The molecule has 0 aliphatic carbocycles. The first-order chi connectivity index (χ1) is 15.0. The molecule has 156 valence electrons. The monoisotopic (exact) mass is 433 g/mol. The van der Waals surface area contributed by atoms with Crippen molar-refractivity contribution < 1.29 is 4.39 Å². The molecule has 1 heterocycles. The second kappa shape index (κ2) is 9.14. The topological polar surface area (TPSA) is 50.1 Å². The summed E-state index contributed by atoms with van der Waals surface area (Å²) in [5, 5.41) is 3.88. The van der Waals surface area contributed by atoms with Crippen molar-refractivity contribution in [1.29, 1.82) is 0 Å². The maximum Gasteiger partial charge on any atom is 0.280 e. The van der Waals surface area contributed by atoms with E-state index in [2.05, 4.69) is 10.1 Å². The summed E-state index contributed by atoms with van der Waals surface area (Å²) >= 11 is 5.94. The predicted molar refractivity (Wildman–Crippen MR) is 124 cm³/mol. The molecule has 0 unspecified atom stereocenters. The lowest BCUT2D eigenvalue weighted by Crippen LogP contribution is -2.20. The van der Waals surface area contributed by atoms with Crippen LogP contribution in [0.1, 0.15) is 18.1 Å². The number of aromatic nitrogens is 2. The molecular formula is C25H21ClFN3O. The van der Waals surface area contributed by atoms with Crippen molar-refractivity contribution in [2.75, 3.05) is 6.54 Å². The molecule has 0 aliphatic rings. The molecule has 0 saturated heterocycles. The molecule has 4 aromatic rings. The normalized spacial score (nSPS) is 11.6. The smallest absolute Gasteiger partial charge is 0.280 e. The SMILES string of the molecule is CC(=NCCc1ccc(Cl)cc1)c1c(-c2ccccc2)[nH]n(-c2ccc(F)cc2)c1=O. The van der Waals surface area contributed by atoms with Crippen molar-refractivity contribution in [3.8, 4) is 16.9 Å². The number of hydrogen-bond acceptors (Lipinski definition) is 2. The fourth-order valence-electron chi connectivity index (χ4n) is 3.44. The summed E-state index contributed by atoms with van der Waals surface area (Å²) in [7, 11) is 0. The number of aliphatic imine (C=N–C) groups is 1. The Labute approximate surface area is 184 Å². The van der Waals surface area contributed by atoms with E-state index in [1.165, 1.54) is 16.8 Å². The van der Waals surface area contributed by atoms with E-state index in [0.29, 0.717) is 34.2 Å². The maximum atomic E-state index is 13.4. The summed E-state index contributed by atoms with van der Waals surface area (Å²) in [6.45, 7) is 2.39. The molecule has 1 aromatic heterocycles.